The number of hydrogen-bond donors (Lipinski definition) is 1. The van der Waals surface area contributed by atoms with Gasteiger partial charge in [0, 0.05) is 12.1 Å². The normalized spacial score (nSPS) is 12.8. The van der Waals surface area contributed by atoms with Gasteiger partial charge in [0.15, 0.2) is 0 Å². The highest BCUT2D eigenvalue weighted by Crippen LogP contribution is 2.16. The van der Waals surface area contributed by atoms with E-state index in [1.165, 1.54) is 5.56 Å². The second-order valence-corrected chi connectivity index (χ2v) is 3.28. The summed E-state index contributed by atoms with van der Waals surface area (Å²) in [6.07, 6.45) is 0. The fourth-order valence-electron chi connectivity index (χ4n) is 1.21. The third-order valence-corrected chi connectivity index (χ3v) is 2.21. The van der Waals surface area contributed by atoms with Gasteiger partial charge in [-0.3, -0.25) is 0 Å². The minimum Gasteiger partial charge on any atom is -0.383 e. The molecule has 1 atom stereocenters. The minimum absolute atomic E-state index is 0.238. The van der Waals surface area contributed by atoms with Crippen LogP contribution in [0.25, 0.3) is 0 Å². The van der Waals surface area contributed by atoms with Crippen LogP contribution in [0.4, 0.5) is 0 Å². The van der Waals surface area contributed by atoms with Crippen LogP contribution in [0.1, 0.15) is 11.6 Å². The maximum Gasteiger partial charge on any atom is 0.0657 e. The lowest BCUT2D eigenvalue weighted by Crippen LogP contribution is -2.20. The Morgan fingerprint density at radius 1 is 1.38 bits per heavy atom. The summed E-state index contributed by atoms with van der Waals surface area (Å²) in [6, 6.07) is 8.01. The SMILES string of the molecule is CN[C@@H](COC)c1ccc(Cl)cc1. The molecule has 1 N–H and O–H groups in total. The van der Waals surface area contributed by atoms with E-state index in [0.29, 0.717) is 6.61 Å². The summed E-state index contributed by atoms with van der Waals surface area (Å²) in [4.78, 5) is 0. The Kier molecular flexibility index (Phi) is 4.22. The third kappa shape index (κ3) is 2.99. The van der Waals surface area contributed by atoms with E-state index in [-0.39, 0.29) is 6.04 Å². The Hall–Kier alpha value is -0.570. The molecular weight excluding hydrogens is 186 g/mol. The Morgan fingerprint density at radius 2 is 2.00 bits per heavy atom. The van der Waals surface area contributed by atoms with Gasteiger partial charge in [0.2, 0.25) is 0 Å². The number of ether oxygens (including phenoxy) is 1. The third-order valence-electron chi connectivity index (χ3n) is 1.95. The molecule has 13 heavy (non-hydrogen) atoms. The van der Waals surface area contributed by atoms with E-state index in [1.54, 1.807) is 7.11 Å². The molecule has 0 unspecified atom stereocenters. The Balaban J connectivity index is 2.73. The number of methoxy groups -OCH3 is 1. The number of halogens is 1. The molecule has 2 nitrogen and oxygen atoms in total. The summed E-state index contributed by atoms with van der Waals surface area (Å²) in [5.74, 6) is 0. The van der Waals surface area contributed by atoms with E-state index in [0.717, 1.165) is 5.02 Å². The van der Waals surface area contributed by atoms with Crippen LogP contribution in [0.15, 0.2) is 24.3 Å². The lowest BCUT2D eigenvalue weighted by molar-refractivity contribution is 0.170. The smallest absolute Gasteiger partial charge is 0.0657 e. The van der Waals surface area contributed by atoms with Crippen molar-refractivity contribution >= 4 is 11.6 Å². The zero-order valence-electron chi connectivity index (χ0n) is 7.88. The molecule has 0 aliphatic rings. The van der Waals surface area contributed by atoms with Gasteiger partial charge in [0.25, 0.3) is 0 Å². The van der Waals surface area contributed by atoms with Gasteiger partial charge in [-0.1, -0.05) is 23.7 Å². The van der Waals surface area contributed by atoms with E-state index >= 15 is 0 Å². The lowest BCUT2D eigenvalue weighted by Gasteiger charge is -2.15. The summed E-state index contributed by atoms with van der Waals surface area (Å²) in [5.41, 5.74) is 1.19. The number of rotatable bonds is 4. The molecule has 0 bridgehead atoms. The van der Waals surface area contributed by atoms with Gasteiger partial charge >= 0.3 is 0 Å². The van der Waals surface area contributed by atoms with Crippen LogP contribution in [0.5, 0.6) is 0 Å². The quantitative estimate of drug-likeness (QED) is 0.803. The molecule has 1 aromatic carbocycles. The van der Waals surface area contributed by atoms with Crippen LogP contribution < -0.4 is 5.32 Å². The highest BCUT2D eigenvalue weighted by molar-refractivity contribution is 6.30. The van der Waals surface area contributed by atoms with Gasteiger partial charge in [-0.15, -0.1) is 0 Å². The van der Waals surface area contributed by atoms with Crippen molar-refractivity contribution in [2.24, 2.45) is 0 Å². The summed E-state index contributed by atoms with van der Waals surface area (Å²) < 4.78 is 5.08. The molecule has 0 saturated heterocycles. The van der Waals surface area contributed by atoms with Crippen molar-refractivity contribution < 1.29 is 4.74 Å². The largest absolute Gasteiger partial charge is 0.383 e. The highest BCUT2D eigenvalue weighted by Gasteiger charge is 2.07. The van der Waals surface area contributed by atoms with Gasteiger partial charge in [-0.25, -0.2) is 0 Å². The lowest BCUT2D eigenvalue weighted by atomic mass is 10.1. The van der Waals surface area contributed by atoms with Crippen molar-refractivity contribution in [1.82, 2.24) is 5.32 Å². The van der Waals surface area contributed by atoms with Crippen molar-refractivity contribution in [1.29, 1.82) is 0 Å². The first-order chi connectivity index (χ1) is 6.27. The van der Waals surface area contributed by atoms with Crippen molar-refractivity contribution in [3.05, 3.63) is 34.9 Å². The van der Waals surface area contributed by atoms with Gasteiger partial charge in [0.05, 0.1) is 12.6 Å². The summed E-state index contributed by atoms with van der Waals surface area (Å²) in [5, 5.41) is 3.93. The van der Waals surface area contributed by atoms with Crippen molar-refractivity contribution in [2.45, 2.75) is 6.04 Å². The monoisotopic (exact) mass is 199 g/mol. The number of hydrogen-bond acceptors (Lipinski definition) is 2. The van der Waals surface area contributed by atoms with Crippen LogP contribution in [0, 0.1) is 0 Å². The van der Waals surface area contributed by atoms with Crippen LogP contribution in [-0.4, -0.2) is 20.8 Å². The molecular formula is C10H14ClNO. The molecule has 0 saturated carbocycles. The number of benzene rings is 1. The fourth-order valence-corrected chi connectivity index (χ4v) is 1.33. The maximum atomic E-state index is 5.78. The predicted molar refractivity (Wildman–Crippen MR) is 55.1 cm³/mol. The molecule has 0 amide bonds. The van der Waals surface area contributed by atoms with E-state index in [2.05, 4.69) is 5.32 Å². The standard InChI is InChI=1S/C10H14ClNO/c1-12-10(7-13-2)8-3-5-9(11)6-4-8/h3-6,10,12H,7H2,1-2H3/t10-/m0/s1. The zero-order chi connectivity index (χ0) is 9.68. The number of nitrogens with one attached hydrogen (secondary N) is 1. The molecule has 3 heteroatoms. The second kappa shape index (κ2) is 5.22. The summed E-state index contributed by atoms with van der Waals surface area (Å²) >= 11 is 5.78. The van der Waals surface area contributed by atoms with Gasteiger partial charge < -0.3 is 10.1 Å². The molecule has 0 aliphatic carbocycles. The molecule has 0 fully saturated rings. The number of likely N-dealkylation sites (N-methyl/N-ethyl adjacent to an activating group) is 1. The molecule has 1 rings (SSSR count). The summed E-state index contributed by atoms with van der Waals surface area (Å²) in [6.45, 7) is 0.665. The minimum atomic E-state index is 0.238. The first-order valence-electron chi connectivity index (χ1n) is 4.19. The molecule has 72 valence electrons. The van der Waals surface area contributed by atoms with Crippen molar-refractivity contribution in [3.63, 3.8) is 0 Å². The van der Waals surface area contributed by atoms with Crippen LogP contribution in [-0.2, 0) is 4.74 Å². The van der Waals surface area contributed by atoms with Crippen LogP contribution >= 0.6 is 11.6 Å². The molecule has 1 aromatic rings. The topological polar surface area (TPSA) is 21.3 Å². The van der Waals surface area contributed by atoms with E-state index in [1.807, 2.05) is 31.3 Å². The first kappa shape index (κ1) is 10.5. The van der Waals surface area contributed by atoms with Gasteiger partial charge in [0.1, 0.15) is 0 Å². The average Bonchev–Trinajstić information content (AvgIpc) is 2.16. The Labute approximate surface area is 83.9 Å². The predicted octanol–water partition coefficient (Wildman–Crippen LogP) is 2.25. The maximum absolute atomic E-state index is 5.78. The zero-order valence-corrected chi connectivity index (χ0v) is 8.64. The van der Waals surface area contributed by atoms with Gasteiger partial charge in [-0.2, -0.15) is 0 Å². The molecule has 0 aliphatic heterocycles. The van der Waals surface area contributed by atoms with Crippen molar-refractivity contribution in [2.75, 3.05) is 20.8 Å². The first-order valence-corrected chi connectivity index (χ1v) is 4.57. The molecule has 0 radical (unpaired) electrons. The molecule has 0 aromatic heterocycles. The Bertz CT molecular complexity index is 248. The van der Waals surface area contributed by atoms with E-state index in [4.69, 9.17) is 16.3 Å². The van der Waals surface area contributed by atoms with Crippen LogP contribution in [0.2, 0.25) is 5.02 Å². The fraction of sp³-hybridized carbons (Fsp3) is 0.400. The summed E-state index contributed by atoms with van der Waals surface area (Å²) in [7, 11) is 3.61. The van der Waals surface area contributed by atoms with E-state index in [9.17, 15) is 0 Å². The van der Waals surface area contributed by atoms with Crippen molar-refractivity contribution in [3.8, 4) is 0 Å². The highest BCUT2D eigenvalue weighted by atomic mass is 35.5. The second-order valence-electron chi connectivity index (χ2n) is 2.85. The average molecular weight is 200 g/mol. The van der Waals surface area contributed by atoms with Crippen LogP contribution in [0.3, 0.4) is 0 Å². The van der Waals surface area contributed by atoms with Gasteiger partial charge in [-0.05, 0) is 24.7 Å². The van der Waals surface area contributed by atoms with E-state index < -0.39 is 0 Å². The molecule has 0 heterocycles. The Morgan fingerprint density at radius 3 is 2.46 bits per heavy atom. The molecule has 0 spiro atoms.